The van der Waals surface area contributed by atoms with E-state index in [-0.39, 0.29) is 16.2 Å². The first-order valence-electron chi connectivity index (χ1n) is 16.7. The van der Waals surface area contributed by atoms with Crippen molar-refractivity contribution in [2.75, 3.05) is 7.11 Å². The minimum Gasteiger partial charge on any atom is -0.497 e. The molecule has 0 saturated carbocycles. The highest BCUT2D eigenvalue weighted by Gasteiger charge is 2.47. The van der Waals surface area contributed by atoms with Crippen molar-refractivity contribution in [3.05, 3.63) is 139 Å². The van der Waals surface area contributed by atoms with Gasteiger partial charge in [0.15, 0.2) is 11.2 Å². The third-order valence-corrected chi connectivity index (χ3v) is 11.7. The van der Waals surface area contributed by atoms with Crippen LogP contribution in [0.1, 0.15) is 11.1 Å². The Balaban J connectivity index is 0.967. The first-order valence-corrected chi connectivity index (χ1v) is 19.7. The summed E-state index contributed by atoms with van der Waals surface area (Å²) in [7, 11) is -8.59. The topological polar surface area (TPSA) is 159 Å². The summed E-state index contributed by atoms with van der Waals surface area (Å²) in [6.07, 6.45) is 0. The SMILES string of the molecule is COc1ccc(-c2nc3cc(-c4ccc5oc(-c6ccc(Oc7ccc(S(=O)(=O)c8ccc(C)c(C(F)(F)S(=O)(=O)O)c8)cc7)cc6)nc5c4)ccc3o2)cc1. The standard InChI is InChI=1S/C41H28F2N2O9S2/c1-24-3-16-33(23-34(24)41(42,43)56(48,49)50)55(46,47)32-17-14-31(15-18-32)52-30-12-6-26(7-13-30)40-45-36-22-28(9-20-38(36)54-40)27-8-19-37-35(21-27)44-39(53-37)25-4-10-29(51-2)11-5-25/h3-23H,1-2H3,(H,48,49,50). The van der Waals surface area contributed by atoms with Crippen LogP contribution < -0.4 is 9.47 Å². The number of halogens is 2. The van der Waals surface area contributed by atoms with Gasteiger partial charge in [0.05, 0.1) is 16.9 Å². The van der Waals surface area contributed by atoms with Crippen LogP contribution in [0.15, 0.2) is 146 Å². The van der Waals surface area contributed by atoms with Gasteiger partial charge in [-0.15, -0.1) is 0 Å². The number of hydrogen-bond donors (Lipinski definition) is 1. The number of methoxy groups -OCH3 is 1. The van der Waals surface area contributed by atoms with Gasteiger partial charge in [0.2, 0.25) is 21.6 Å². The maximum absolute atomic E-state index is 14.4. The molecule has 6 aromatic carbocycles. The Labute approximate surface area is 318 Å². The number of fused-ring (bicyclic) bond motifs is 2. The molecule has 0 aliphatic heterocycles. The number of benzene rings is 6. The lowest BCUT2D eigenvalue weighted by molar-refractivity contribution is 0.0780. The number of rotatable bonds is 10. The van der Waals surface area contributed by atoms with Crippen LogP contribution in [0.5, 0.6) is 17.2 Å². The third-order valence-electron chi connectivity index (χ3n) is 9.07. The fourth-order valence-corrected chi connectivity index (χ4v) is 7.82. The average molecular weight is 795 g/mol. The summed E-state index contributed by atoms with van der Waals surface area (Å²) in [4.78, 5) is 8.57. The highest BCUT2D eigenvalue weighted by atomic mass is 32.2. The van der Waals surface area contributed by atoms with Gasteiger partial charge < -0.3 is 18.3 Å². The smallest absolute Gasteiger partial charge is 0.395 e. The molecule has 15 heteroatoms. The van der Waals surface area contributed by atoms with Crippen LogP contribution >= 0.6 is 0 Å². The highest BCUT2D eigenvalue weighted by molar-refractivity contribution is 7.91. The van der Waals surface area contributed by atoms with Crippen molar-refractivity contribution in [3.8, 4) is 51.3 Å². The van der Waals surface area contributed by atoms with E-state index < -0.39 is 35.7 Å². The monoisotopic (exact) mass is 794 g/mol. The second-order valence-corrected chi connectivity index (χ2v) is 16.1. The number of oxazole rings is 2. The van der Waals surface area contributed by atoms with Crippen LogP contribution in [0, 0.1) is 6.92 Å². The predicted molar refractivity (Wildman–Crippen MR) is 203 cm³/mol. The van der Waals surface area contributed by atoms with Crippen LogP contribution in [0.25, 0.3) is 56.2 Å². The van der Waals surface area contributed by atoms with E-state index in [0.717, 1.165) is 34.6 Å². The first-order chi connectivity index (χ1) is 26.7. The molecule has 2 aromatic heterocycles. The van der Waals surface area contributed by atoms with Gasteiger partial charge in [0.1, 0.15) is 28.3 Å². The van der Waals surface area contributed by atoms with E-state index in [1.54, 1.807) is 31.4 Å². The third kappa shape index (κ3) is 6.76. The van der Waals surface area contributed by atoms with Gasteiger partial charge in [-0.2, -0.15) is 17.2 Å². The molecule has 0 atom stereocenters. The summed E-state index contributed by atoms with van der Waals surface area (Å²) in [6.45, 7) is 1.18. The van der Waals surface area contributed by atoms with Gasteiger partial charge in [-0.25, -0.2) is 18.4 Å². The van der Waals surface area contributed by atoms with Gasteiger partial charge in [-0.05, 0) is 133 Å². The van der Waals surface area contributed by atoms with E-state index in [1.165, 1.54) is 31.2 Å². The predicted octanol–water partition coefficient (Wildman–Crippen LogP) is 9.85. The Morgan fingerprint density at radius 3 is 1.52 bits per heavy atom. The van der Waals surface area contributed by atoms with Crippen molar-refractivity contribution in [1.82, 2.24) is 9.97 Å². The molecule has 2 heterocycles. The normalized spacial score (nSPS) is 12.3. The fraction of sp³-hybridized carbons (Fsp3) is 0.0732. The van der Waals surface area contributed by atoms with E-state index >= 15 is 0 Å². The van der Waals surface area contributed by atoms with Gasteiger partial charge in [0, 0.05) is 16.7 Å². The number of sulfone groups is 1. The molecule has 1 N–H and O–H groups in total. The van der Waals surface area contributed by atoms with Crippen LogP contribution in [0.3, 0.4) is 0 Å². The highest BCUT2D eigenvalue weighted by Crippen LogP contribution is 2.38. The lowest BCUT2D eigenvalue weighted by atomic mass is 10.0. The minimum absolute atomic E-state index is 0.218. The molecule has 0 saturated heterocycles. The second kappa shape index (κ2) is 13.7. The molecular formula is C41H28F2N2O9S2. The minimum atomic E-state index is -5.85. The Morgan fingerprint density at radius 1 is 0.589 bits per heavy atom. The van der Waals surface area contributed by atoms with Crippen molar-refractivity contribution in [2.24, 2.45) is 0 Å². The summed E-state index contributed by atoms with van der Waals surface area (Å²) in [6, 6.07) is 33.8. The van der Waals surface area contributed by atoms with Crippen molar-refractivity contribution in [2.45, 2.75) is 22.0 Å². The maximum atomic E-state index is 14.4. The number of alkyl halides is 2. The number of nitrogens with zero attached hydrogens (tertiary/aromatic N) is 2. The molecular weight excluding hydrogens is 767 g/mol. The van der Waals surface area contributed by atoms with E-state index in [1.807, 2.05) is 60.7 Å². The largest absolute Gasteiger partial charge is 0.497 e. The van der Waals surface area contributed by atoms with Gasteiger partial charge in [0.25, 0.3) is 0 Å². The van der Waals surface area contributed by atoms with Crippen LogP contribution in [-0.4, -0.2) is 38.5 Å². The van der Waals surface area contributed by atoms with E-state index in [0.29, 0.717) is 51.4 Å². The molecule has 282 valence electrons. The Morgan fingerprint density at radius 2 is 1.04 bits per heavy atom. The average Bonchev–Trinajstić information content (AvgIpc) is 3.82. The molecule has 8 rings (SSSR count). The summed E-state index contributed by atoms with van der Waals surface area (Å²) in [5.41, 5.74) is 4.62. The number of hydrogen-bond acceptors (Lipinski definition) is 10. The van der Waals surface area contributed by atoms with E-state index in [9.17, 15) is 25.6 Å². The van der Waals surface area contributed by atoms with Crippen molar-refractivity contribution >= 4 is 42.2 Å². The summed E-state index contributed by atoms with van der Waals surface area (Å²) in [5, 5.41) is -4.71. The molecule has 0 aliphatic rings. The van der Waals surface area contributed by atoms with Crippen molar-refractivity contribution in [3.63, 3.8) is 0 Å². The van der Waals surface area contributed by atoms with Crippen LogP contribution in [0.2, 0.25) is 0 Å². The molecule has 0 bridgehead atoms. The van der Waals surface area contributed by atoms with Crippen molar-refractivity contribution < 1.29 is 48.5 Å². The Kier molecular flexibility index (Phi) is 8.95. The molecule has 0 unspecified atom stereocenters. The molecule has 0 aliphatic carbocycles. The fourth-order valence-electron chi connectivity index (χ4n) is 6.04. The summed E-state index contributed by atoms with van der Waals surface area (Å²) >= 11 is 0. The molecule has 8 aromatic rings. The Bertz CT molecular complexity index is 3000. The molecule has 0 spiro atoms. The molecule has 0 radical (unpaired) electrons. The maximum Gasteiger partial charge on any atom is 0.395 e. The van der Waals surface area contributed by atoms with E-state index in [4.69, 9.17) is 27.8 Å². The summed E-state index contributed by atoms with van der Waals surface area (Å²) in [5.74, 6) is 2.35. The number of aromatic nitrogens is 2. The van der Waals surface area contributed by atoms with Gasteiger partial charge in [-0.1, -0.05) is 18.2 Å². The second-order valence-electron chi connectivity index (χ2n) is 12.7. The van der Waals surface area contributed by atoms with Gasteiger partial charge in [-0.3, -0.25) is 4.55 Å². The van der Waals surface area contributed by atoms with E-state index in [2.05, 4.69) is 4.98 Å². The zero-order valence-corrected chi connectivity index (χ0v) is 30.9. The summed E-state index contributed by atoms with van der Waals surface area (Å²) < 4.78 is 110. The first kappa shape index (κ1) is 36.6. The van der Waals surface area contributed by atoms with Crippen LogP contribution in [-0.2, 0) is 25.2 Å². The zero-order valence-electron chi connectivity index (χ0n) is 29.3. The van der Waals surface area contributed by atoms with Gasteiger partial charge >= 0.3 is 15.4 Å². The molecule has 11 nitrogen and oxygen atoms in total. The molecule has 56 heavy (non-hydrogen) atoms. The number of aryl methyl sites for hydroxylation is 1. The van der Waals surface area contributed by atoms with Crippen molar-refractivity contribution in [1.29, 1.82) is 0 Å². The van der Waals surface area contributed by atoms with Crippen LogP contribution in [0.4, 0.5) is 8.78 Å². The number of ether oxygens (including phenoxy) is 2. The molecule has 0 amide bonds. The quantitative estimate of drug-likeness (QED) is 0.131. The zero-order chi connectivity index (χ0) is 39.4. The lowest BCUT2D eigenvalue weighted by Crippen LogP contribution is -2.26. The molecule has 0 fully saturated rings. The Hall–Kier alpha value is -6.42. The lowest BCUT2D eigenvalue weighted by Gasteiger charge is -2.17.